The molecule has 0 saturated heterocycles. The Bertz CT molecular complexity index is 1070. The van der Waals surface area contributed by atoms with Crippen molar-refractivity contribution in [2.45, 2.75) is 134 Å². The molecule has 2 amide bonds. The number of hydrogen-bond acceptors (Lipinski definition) is 6. The third-order valence-corrected chi connectivity index (χ3v) is 8.27. The number of aliphatic hydroxyl groups is 1. The molecular weight excluding hydrogens is 613 g/mol. The molecule has 0 bridgehead atoms. The van der Waals surface area contributed by atoms with Crippen LogP contribution in [0.3, 0.4) is 0 Å². The summed E-state index contributed by atoms with van der Waals surface area (Å²) >= 11 is 0. The number of benzene rings is 1. The van der Waals surface area contributed by atoms with Crippen molar-refractivity contribution in [3.8, 4) is 5.75 Å². The summed E-state index contributed by atoms with van der Waals surface area (Å²) < 4.78 is 47.3. The highest BCUT2D eigenvalue weighted by molar-refractivity contribution is 5.93. The topological polar surface area (TPSA) is 128 Å². The van der Waals surface area contributed by atoms with Crippen LogP contribution in [0, 0.1) is 5.92 Å². The largest absolute Gasteiger partial charge is 0.547 e. The number of unbranched alkanes of at least 4 members (excludes halogenated alkanes) is 9. The SMILES string of the molecule is CCCCCCCC(F)(F)CCCCCC/C=C/[C@H](C(=O)N[C@@H](Cc1ccc(OCCCC)cc1)C(=O)NC)[C@@](O)(CCF)C(=O)[O-]. The lowest BCUT2D eigenvalue weighted by Crippen LogP contribution is -2.59. The molecule has 0 aliphatic rings. The van der Waals surface area contributed by atoms with E-state index in [9.17, 15) is 37.8 Å². The van der Waals surface area contributed by atoms with Gasteiger partial charge in [0, 0.05) is 32.7 Å². The molecule has 11 heteroatoms. The highest BCUT2D eigenvalue weighted by Crippen LogP contribution is 2.29. The van der Waals surface area contributed by atoms with E-state index in [1.54, 1.807) is 24.3 Å². The number of allylic oxidation sites excluding steroid dienone is 1. The molecule has 0 aliphatic carbocycles. The van der Waals surface area contributed by atoms with Crippen LogP contribution in [-0.2, 0) is 20.8 Å². The molecular formula is C36H56F3N2O6-. The summed E-state index contributed by atoms with van der Waals surface area (Å²) in [5.74, 6) is -7.30. The number of hydrogen-bond donors (Lipinski definition) is 3. The third kappa shape index (κ3) is 16.5. The molecule has 0 radical (unpaired) electrons. The Kier molecular flexibility index (Phi) is 20.8. The number of carbonyl (C=O) groups excluding carboxylic acids is 3. The number of likely N-dealkylation sites (N-methyl/N-ethyl adjacent to an activating group) is 1. The van der Waals surface area contributed by atoms with Gasteiger partial charge in [0.2, 0.25) is 17.7 Å². The zero-order valence-corrected chi connectivity index (χ0v) is 28.5. The Hall–Kier alpha value is -3.08. The minimum atomic E-state index is -2.86. The first-order valence-corrected chi connectivity index (χ1v) is 17.2. The number of carboxylic acids is 1. The van der Waals surface area contributed by atoms with Gasteiger partial charge < -0.3 is 30.4 Å². The predicted molar refractivity (Wildman–Crippen MR) is 176 cm³/mol. The van der Waals surface area contributed by atoms with Crippen molar-refractivity contribution in [2.75, 3.05) is 20.3 Å². The Labute approximate surface area is 278 Å². The average Bonchev–Trinajstić information content (AvgIpc) is 3.04. The van der Waals surface area contributed by atoms with Gasteiger partial charge in [-0.15, -0.1) is 0 Å². The van der Waals surface area contributed by atoms with Crippen LogP contribution in [-0.4, -0.2) is 60.8 Å². The van der Waals surface area contributed by atoms with Crippen LogP contribution in [0.25, 0.3) is 0 Å². The van der Waals surface area contributed by atoms with Gasteiger partial charge in [-0.3, -0.25) is 14.0 Å². The monoisotopic (exact) mass is 669 g/mol. The van der Waals surface area contributed by atoms with E-state index in [0.29, 0.717) is 56.4 Å². The minimum Gasteiger partial charge on any atom is -0.547 e. The van der Waals surface area contributed by atoms with Crippen molar-refractivity contribution in [3.05, 3.63) is 42.0 Å². The molecule has 1 aromatic rings. The maximum absolute atomic E-state index is 14.1. The Morgan fingerprint density at radius 3 is 2.04 bits per heavy atom. The van der Waals surface area contributed by atoms with E-state index >= 15 is 0 Å². The first-order chi connectivity index (χ1) is 22.4. The Morgan fingerprint density at radius 1 is 0.894 bits per heavy atom. The van der Waals surface area contributed by atoms with E-state index in [0.717, 1.165) is 38.5 Å². The number of ether oxygens (including phenoxy) is 1. The van der Waals surface area contributed by atoms with Crippen LogP contribution >= 0.6 is 0 Å². The minimum absolute atomic E-state index is 0.0574. The molecule has 47 heavy (non-hydrogen) atoms. The van der Waals surface area contributed by atoms with Gasteiger partial charge in [0.25, 0.3) is 0 Å². The fourth-order valence-corrected chi connectivity index (χ4v) is 5.27. The Morgan fingerprint density at radius 2 is 1.49 bits per heavy atom. The number of halogens is 3. The summed E-state index contributed by atoms with van der Waals surface area (Å²) in [5.41, 5.74) is -2.17. The first-order valence-electron chi connectivity index (χ1n) is 17.2. The zero-order valence-electron chi connectivity index (χ0n) is 28.5. The van der Waals surface area contributed by atoms with Crippen LogP contribution in [0.5, 0.6) is 5.75 Å². The maximum atomic E-state index is 14.1. The fraction of sp³-hybridized carbons (Fsp3) is 0.694. The standard InChI is InChI=1S/C36H57F3N2O6/c1-4-6-8-12-15-22-35(38,39)23-16-13-10-9-11-14-17-30(36(46,24-25-37)34(44)45)32(42)41-31(33(43)40-3)27-28-18-20-29(21-19-28)47-26-7-5-2/h14,17-21,30-31,46H,4-13,15-16,22-27H2,1-3H3,(H,40,43)(H,41,42)(H,44,45)/p-1/b17-14+/t30-,31+,36+/m1/s1. The average molecular weight is 670 g/mol. The van der Waals surface area contributed by atoms with Crippen LogP contribution in [0.1, 0.15) is 116 Å². The van der Waals surface area contributed by atoms with Crippen molar-refractivity contribution in [2.24, 2.45) is 5.92 Å². The predicted octanol–water partition coefficient (Wildman–Crippen LogP) is 5.99. The molecule has 0 unspecified atom stereocenters. The number of rotatable bonds is 27. The molecule has 0 saturated carbocycles. The second-order valence-electron chi connectivity index (χ2n) is 12.3. The van der Waals surface area contributed by atoms with Gasteiger partial charge in [-0.2, -0.15) is 0 Å². The second kappa shape index (κ2) is 23.3. The van der Waals surface area contributed by atoms with Crippen molar-refractivity contribution < 1.29 is 42.5 Å². The number of aliphatic carboxylic acids is 1. The number of amides is 2. The molecule has 1 rings (SSSR count). The van der Waals surface area contributed by atoms with Crippen molar-refractivity contribution >= 4 is 17.8 Å². The molecule has 0 aromatic heterocycles. The lowest BCUT2D eigenvalue weighted by atomic mass is 9.83. The van der Waals surface area contributed by atoms with Gasteiger partial charge in [-0.05, 0) is 49.8 Å². The van der Waals surface area contributed by atoms with Gasteiger partial charge in [0.1, 0.15) is 17.4 Å². The third-order valence-electron chi connectivity index (χ3n) is 8.27. The Balaban J connectivity index is 2.83. The van der Waals surface area contributed by atoms with E-state index in [4.69, 9.17) is 4.74 Å². The van der Waals surface area contributed by atoms with Crippen LogP contribution in [0.2, 0.25) is 0 Å². The van der Waals surface area contributed by atoms with Crippen LogP contribution in [0.4, 0.5) is 13.2 Å². The highest BCUT2D eigenvalue weighted by Gasteiger charge is 2.42. The van der Waals surface area contributed by atoms with Gasteiger partial charge in [-0.1, -0.05) is 83.1 Å². The molecule has 0 aliphatic heterocycles. The van der Waals surface area contributed by atoms with E-state index in [1.165, 1.54) is 19.2 Å². The summed E-state index contributed by atoms with van der Waals surface area (Å²) in [6.45, 7) is 3.48. The summed E-state index contributed by atoms with van der Waals surface area (Å²) in [6.07, 6.45) is 10.5. The molecule has 1 aromatic carbocycles. The highest BCUT2D eigenvalue weighted by atomic mass is 19.3. The van der Waals surface area contributed by atoms with Crippen molar-refractivity contribution in [1.29, 1.82) is 0 Å². The lowest BCUT2D eigenvalue weighted by molar-refractivity contribution is -0.327. The molecule has 3 N–H and O–H groups in total. The second-order valence-corrected chi connectivity index (χ2v) is 12.3. The summed E-state index contributed by atoms with van der Waals surface area (Å²) in [6, 6.07) is 5.86. The lowest BCUT2D eigenvalue weighted by Gasteiger charge is -2.34. The molecule has 8 nitrogen and oxygen atoms in total. The first kappa shape index (κ1) is 41.9. The van der Waals surface area contributed by atoms with Gasteiger partial charge in [0.05, 0.1) is 25.2 Å². The number of alkyl halides is 3. The van der Waals surface area contributed by atoms with Gasteiger partial charge in [-0.25, -0.2) is 8.78 Å². The zero-order chi connectivity index (χ0) is 35.1. The summed E-state index contributed by atoms with van der Waals surface area (Å²) in [7, 11) is 1.39. The van der Waals surface area contributed by atoms with Crippen LogP contribution < -0.4 is 20.5 Å². The maximum Gasteiger partial charge on any atom is 0.248 e. The summed E-state index contributed by atoms with van der Waals surface area (Å²) in [4.78, 5) is 38.1. The van der Waals surface area contributed by atoms with E-state index in [-0.39, 0.29) is 19.3 Å². The van der Waals surface area contributed by atoms with E-state index in [1.807, 2.05) is 0 Å². The molecule has 3 atom stereocenters. The number of nitrogens with one attached hydrogen (secondary N) is 2. The van der Waals surface area contributed by atoms with Gasteiger partial charge >= 0.3 is 0 Å². The summed E-state index contributed by atoms with van der Waals surface area (Å²) in [5, 5.41) is 27.8. The molecule has 0 heterocycles. The van der Waals surface area contributed by atoms with E-state index < -0.39 is 54.4 Å². The quantitative estimate of drug-likeness (QED) is 0.0781. The molecule has 0 fully saturated rings. The number of carbonyl (C=O) groups is 3. The smallest absolute Gasteiger partial charge is 0.248 e. The molecule has 268 valence electrons. The van der Waals surface area contributed by atoms with Crippen molar-refractivity contribution in [3.63, 3.8) is 0 Å². The number of carboxylic acid groups (broad SMARTS) is 1. The fourth-order valence-electron chi connectivity index (χ4n) is 5.27. The van der Waals surface area contributed by atoms with Crippen LogP contribution in [0.15, 0.2) is 36.4 Å². The van der Waals surface area contributed by atoms with Crippen molar-refractivity contribution in [1.82, 2.24) is 10.6 Å². The molecule has 0 spiro atoms. The normalized spacial score (nSPS) is 14.4. The van der Waals surface area contributed by atoms with Gasteiger partial charge in [0.15, 0.2) is 0 Å². The van der Waals surface area contributed by atoms with E-state index in [2.05, 4.69) is 24.5 Å².